The number of hydrogen-bond donors (Lipinski definition) is 2. The molecule has 3 rings (SSSR count). The minimum Gasteiger partial charge on any atom is -0.497 e. The van der Waals surface area contributed by atoms with Crippen molar-refractivity contribution < 1.29 is 9.53 Å². The minimum absolute atomic E-state index is 0.140. The standard InChI is InChI=1S/C18H19N3O2/c1-21(2)13-6-4-12(5-7-13)20-18(22)16-11-19-17-10-14(23-3)8-9-15(16)17/h4-11,19H,1-3H3,(H,20,22). The zero-order valence-corrected chi connectivity index (χ0v) is 13.4. The number of benzene rings is 2. The van der Waals surface area contributed by atoms with E-state index in [0.29, 0.717) is 5.56 Å². The van der Waals surface area contributed by atoms with Gasteiger partial charge in [0.2, 0.25) is 0 Å². The van der Waals surface area contributed by atoms with Crippen LogP contribution in [-0.2, 0) is 0 Å². The van der Waals surface area contributed by atoms with Crippen molar-refractivity contribution >= 4 is 28.2 Å². The quantitative estimate of drug-likeness (QED) is 0.775. The van der Waals surface area contributed by atoms with E-state index in [0.717, 1.165) is 28.0 Å². The van der Waals surface area contributed by atoms with E-state index >= 15 is 0 Å². The molecule has 0 aliphatic carbocycles. The molecule has 23 heavy (non-hydrogen) atoms. The predicted octanol–water partition coefficient (Wildman–Crippen LogP) is 3.49. The van der Waals surface area contributed by atoms with E-state index in [2.05, 4.69) is 10.3 Å². The Kier molecular flexibility index (Phi) is 3.93. The number of ether oxygens (including phenoxy) is 1. The summed E-state index contributed by atoms with van der Waals surface area (Å²) in [4.78, 5) is 17.6. The molecule has 5 heteroatoms. The largest absolute Gasteiger partial charge is 0.497 e. The summed E-state index contributed by atoms with van der Waals surface area (Å²) >= 11 is 0. The van der Waals surface area contributed by atoms with Crippen LogP contribution in [0.5, 0.6) is 5.75 Å². The molecular formula is C18H19N3O2. The summed E-state index contributed by atoms with van der Waals surface area (Å²) in [6, 6.07) is 13.3. The Bertz CT molecular complexity index is 835. The van der Waals surface area contributed by atoms with Gasteiger partial charge in [-0.3, -0.25) is 4.79 Å². The number of carbonyl (C=O) groups excluding carboxylic acids is 1. The summed E-state index contributed by atoms with van der Waals surface area (Å²) in [5.74, 6) is 0.615. The Balaban J connectivity index is 1.83. The van der Waals surface area contributed by atoms with Gasteiger partial charge in [0.15, 0.2) is 0 Å². The molecule has 5 nitrogen and oxygen atoms in total. The molecule has 0 fully saturated rings. The fraction of sp³-hybridized carbons (Fsp3) is 0.167. The third-order valence-corrected chi connectivity index (χ3v) is 3.78. The smallest absolute Gasteiger partial charge is 0.257 e. The molecule has 0 saturated carbocycles. The van der Waals surface area contributed by atoms with E-state index in [9.17, 15) is 4.79 Å². The molecule has 0 bridgehead atoms. The van der Waals surface area contributed by atoms with Gasteiger partial charge in [-0.05, 0) is 36.4 Å². The van der Waals surface area contributed by atoms with E-state index in [4.69, 9.17) is 4.74 Å². The van der Waals surface area contributed by atoms with Gasteiger partial charge in [0.25, 0.3) is 5.91 Å². The Labute approximate surface area is 134 Å². The molecule has 1 amide bonds. The molecule has 0 atom stereocenters. The van der Waals surface area contributed by atoms with Crippen LogP contribution < -0.4 is 15.0 Å². The number of hydrogen-bond acceptors (Lipinski definition) is 3. The van der Waals surface area contributed by atoms with Crippen LogP contribution in [0.3, 0.4) is 0 Å². The van der Waals surface area contributed by atoms with Gasteiger partial charge in [-0.2, -0.15) is 0 Å². The van der Waals surface area contributed by atoms with Crippen molar-refractivity contribution in [1.82, 2.24) is 4.98 Å². The molecule has 1 aromatic heterocycles. The molecule has 0 aliphatic heterocycles. The maximum Gasteiger partial charge on any atom is 0.257 e. The van der Waals surface area contributed by atoms with Gasteiger partial charge in [0, 0.05) is 48.6 Å². The van der Waals surface area contributed by atoms with Crippen molar-refractivity contribution in [2.24, 2.45) is 0 Å². The molecule has 3 aromatic rings. The van der Waals surface area contributed by atoms with E-state index in [-0.39, 0.29) is 5.91 Å². The molecule has 118 valence electrons. The first kappa shape index (κ1) is 15.0. The van der Waals surface area contributed by atoms with Crippen molar-refractivity contribution in [3.05, 3.63) is 54.2 Å². The predicted molar refractivity (Wildman–Crippen MR) is 93.6 cm³/mol. The molecule has 0 aliphatic rings. The SMILES string of the molecule is COc1ccc2c(C(=O)Nc3ccc(N(C)C)cc3)c[nH]c2c1. The first-order valence-corrected chi connectivity index (χ1v) is 7.32. The van der Waals surface area contributed by atoms with Crippen LogP contribution in [0.1, 0.15) is 10.4 Å². The van der Waals surface area contributed by atoms with Gasteiger partial charge in [0.05, 0.1) is 12.7 Å². The third-order valence-electron chi connectivity index (χ3n) is 3.78. The van der Waals surface area contributed by atoms with Gasteiger partial charge < -0.3 is 19.9 Å². The van der Waals surface area contributed by atoms with Crippen molar-refractivity contribution in [2.45, 2.75) is 0 Å². The lowest BCUT2D eigenvalue weighted by atomic mass is 10.1. The first-order chi connectivity index (χ1) is 11.1. The number of nitrogens with one attached hydrogen (secondary N) is 2. The number of amides is 1. The molecular weight excluding hydrogens is 290 g/mol. The van der Waals surface area contributed by atoms with Crippen LogP contribution >= 0.6 is 0 Å². The lowest BCUT2D eigenvalue weighted by Crippen LogP contribution is -2.12. The zero-order chi connectivity index (χ0) is 16.4. The number of methoxy groups -OCH3 is 1. The maximum absolute atomic E-state index is 12.5. The topological polar surface area (TPSA) is 57.4 Å². The second-order valence-electron chi connectivity index (χ2n) is 5.51. The minimum atomic E-state index is -0.140. The third kappa shape index (κ3) is 2.99. The highest BCUT2D eigenvalue weighted by atomic mass is 16.5. The van der Waals surface area contributed by atoms with Crippen molar-refractivity contribution in [1.29, 1.82) is 0 Å². The fourth-order valence-corrected chi connectivity index (χ4v) is 2.46. The Morgan fingerprint density at radius 3 is 2.52 bits per heavy atom. The van der Waals surface area contributed by atoms with Crippen LogP contribution in [0.25, 0.3) is 10.9 Å². The number of anilines is 2. The number of carbonyl (C=O) groups is 1. The summed E-state index contributed by atoms with van der Waals surface area (Å²) in [7, 11) is 5.58. The molecule has 1 heterocycles. The van der Waals surface area contributed by atoms with Crippen molar-refractivity contribution in [3.63, 3.8) is 0 Å². The molecule has 2 N–H and O–H groups in total. The van der Waals surface area contributed by atoms with Crippen LogP contribution in [0.2, 0.25) is 0 Å². The summed E-state index contributed by atoms with van der Waals surface area (Å²) < 4.78 is 5.19. The van der Waals surface area contributed by atoms with Crippen LogP contribution in [0.15, 0.2) is 48.7 Å². The normalized spacial score (nSPS) is 10.6. The molecule has 0 radical (unpaired) electrons. The molecule has 0 unspecified atom stereocenters. The summed E-state index contributed by atoms with van der Waals surface area (Å²) in [5.41, 5.74) is 3.34. The van der Waals surface area contributed by atoms with Crippen LogP contribution in [0.4, 0.5) is 11.4 Å². The van der Waals surface area contributed by atoms with Gasteiger partial charge in [-0.15, -0.1) is 0 Å². The molecule has 2 aromatic carbocycles. The Hall–Kier alpha value is -2.95. The lowest BCUT2D eigenvalue weighted by Gasteiger charge is -2.13. The summed E-state index contributed by atoms with van der Waals surface area (Å²) in [6.45, 7) is 0. The average Bonchev–Trinajstić information content (AvgIpc) is 2.98. The van der Waals surface area contributed by atoms with E-state index < -0.39 is 0 Å². The number of nitrogens with zero attached hydrogens (tertiary/aromatic N) is 1. The second kappa shape index (κ2) is 6.04. The number of aromatic amines is 1. The van der Waals surface area contributed by atoms with Crippen LogP contribution in [0, 0.1) is 0 Å². The summed E-state index contributed by atoms with van der Waals surface area (Å²) in [6.07, 6.45) is 1.72. The highest BCUT2D eigenvalue weighted by molar-refractivity contribution is 6.12. The van der Waals surface area contributed by atoms with Crippen LogP contribution in [-0.4, -0.2) is 32.1 Å². The van der Waals surface area contributed by atoms with E-state index in [1.165, 1.54) is 0 Å². The number of H-pyrrole nitrogens is 1. The lowest BCUT2D eigenvalue weighted by molar-refractivity contribution is 0.102. The number of fused-ring (bicyclic) bond motifs is 1. The molecule has 0 saturated heterocycles. The Morgan fingerprint density at radius 2 is 1.87 bits per heavy atom. The van der Waals surface area contributed by atoms with Crippen molar-refractivity contribution in [2.75, 3.05) is 31.4 Å². The number of aromatic nitrogens is 1. The second-order valence-corrected chi connectivity index (χ2v) is 5.51. The highest BCUT2D eigenvalue weighted by Gasteiger charge is 2.12. The average molecular weight is 309 g/mol. The van der Waals surface area contributed by atoms with Gasteiger partial charge >= 0.3 is 0 Å². The molecule has 0 spiro atoms. The monoisotopic (exact) mass is 309 g/mol. The van der Waals surface area contributed by atoms with Gasteiger partial charge in [0.1, 0.15) is 5.75 Å². The summed E-state index contributed by atoms with van der Waals surface area (Å²) in [5, 5.41) is 3.79. The van der Waals surface area contributed by atoms with Gasteiger partial charge in [-0.1, -0.05) is 0 Å². The first-order valence-electron chi connectivity index (χ1n) is 7.32. The zero-order valence-electron chi connectivity index (χ0n) is 13.4. The van der Waals surface area contributed by atoms with Gasteiger partial charge in [-0.25, -0.2) is 0 Å². The Morgan fingerprint density at radius 1 is 1.13 bits per heavy atom. The fourth-order valence-electron chi connectivity index (χ4n) is 2.46. The maximum atomic E-state index is 12.5. The van der Waals surface area contributed by atoms with E-state index in [1.54, 1.807) is 13.3 Å². The van der Waals surface area contributed by atoms with E-state index in [1.807, 2.05) is 61.5 Å². The highest BCUT2D eigenvalue weighted by Crippen LogP contribution is 2.24. The number of rotatable bonds is 4. The van der Waals surface area contributed by atoms with Crippen molar-refractivity contribution in [3.8, 4) is 5.75 Å².